The van der Waals surface area contributed by atoms with Gasteiger partial charge in [0.05, 0.1) is 12.2 Å². The first-order chi connectivity index (χ1) is 16.1. The fourth-order valence-electron chi connectivity index (χ4n) is 7.40. The van der Waals surface area contributed by atoms with Gasteiger partial charge in [0.15, 0.2) is 0 Å². The monoisotopic (exact) mass is 483 g/mol. The number of nitrogens with one attached hydrogen (secondary N) is 2. The summed E-state index contributed by atoms with van der Waals surface area (Å²) < 4.78 is 36.2. The van der Waals surface area contributed by atoms with E-state index in [-0.39, 0.29) is 35.6 Å². The summed E-state index contributed by atoms with van der Waals surface area (Å²) >= 11 is 0. The summed E-state index contributed by atoms with van der Waals surface area (Å²) in [4.78, 5) is 28.6. The molecule has 0 aromatic heterocycles. The van der Waals surface area contributed by atoms with E-state index in [1.54, 1.807) is 0 Å². The molecule has 10 atom stereocenters. The molecule has 0 spiro atoms. The number of hydrogen-bond donors (Lipinski definition) is 2. The van der Waals surface area contributed by atoms with E-state index in [2.05, 4.69) is 29.2 Å². The van der Waals surface area contributed by atoms with Crippen LogP contribution in [0.15, 0.2) is 0 Å². The van der Waals surface area contributed by atoms with Crippen molar-refractivity contribution in [2.45, 2.75) is 102 Å². The van der Waals surface area contributed by atoms with Crippen LogP contribution in [0.3, 0.4) is 0 Å². The number of ether oxygens (including phenoxy) is 2. The summed E-state index contributed by atoms with van der Waals surface area (Å²) in [5.74, 6) is 1.13. The van der Waals surface area contributed by atoms with Gasteiger partial charge in [0.2, 0.25) is 11.8 Å². The van der Waals surface area contributed by atoms with Crippen molar-refractivity contribution in [3.8, 4) is 0 Å². The van der Waals surface area contributed by atoms with Crippen molar-refractivity contribution in [1.29, 1.82) is 0 Å². The van der Waals surface area contributed by atoms with Crippen LogP contribution in [0.4, 0.5) is 8.78 Å². The molecule has 5 rings (SSSR count). The van der Waals surface area contributed by atoms with Gasteiger partial charge in [-0.15, -0.1) is 8.78 Å². The molecule has 0 aromatic rings. The van der Waals surface area contributed by atoms with Crippen LogP contribution in [0.25, 0.3) is 0 Å². The zero-order valence-corrected chi connectivity index (χ0v) is 20.5. The van der Waals surface area contributed by atoms with Crippen molar-refractivity contribution in [1.82, 2.24) is 15.5 Å². The van der Waals surface area contributed by atoms with Crippen LogP contribution in [0.1, 0.15) is 65.2 Å². The number of carbonyl (C=O) groups is 2. The van der Waals surface area contributed by atoms with Gasteiger partial charge in [-0.05, 0) is 76.0 Å². The van der Waals surface area contributed by atoms with Crippen molar-refractivity contribution < 1.29 is 27.8 Å². The van der Waals surface area contributed by atoms with Gasteiger partial charge in [0.25, 0.3) is 0 Å². The Labute approximate surface area is 200 Å². The van der Waals surface area contributed by atoms with Gasteiger partial charge in [0, 0.05) is 43.6 Å². The molecule has 7 nitrogen and oxygen atoms in total. The summed E-state index contributed by atoms with van der Waals surface area (Å²) in [5, 5.41) is 6.69. The maximum Gasteiger partial charge on any atom is 0.486 e. The highest BCUT2D eigenvalue weighted by Gasteiger charge is 2.52. The largest absolute Gasteiger partial charge is 0.486 e. The first kappa shape index (κ1) is 24.4. The number of amides is 2. The van der Waals surface area contributed by atoms with Crippen molar-refractivity contribution in [2.75, 3.05) is 13.6 Å². The highest BCUT2D eigenvalue weighted by atomic mass is 19.3. The van der Waals surface area contributed by atoms with Crippen molar-refractivity contribution in [2.24, 2.45) is 29.6 Å². The van der Waals surface area contributed by atoms with Gasteiger partial charge in [-0.3, -0.25) is 19.1 Å². The highest BCUT2D eigenvalue weighted by Crippen LogP contribution is 2.45. The first-order valence-electron chi connectivity index (χ1n) is 13.1. The third kappa shape index (κ3) is 4.72. The fourth-order valence-corrected chi connectivity index (χ4v) is 7.40. The lowest BCUT2D eigenvalue weighted by Crippen LogP contribution is -2.60. The zero-order valence-electron chi connectivity index (χ0n) is 20.5. The van der Waals surface area contributed by atoms with Gasteiger partial charge >= 0.3 is 6.29 Å². The molecular formula is C25H39F2N3O4. The van der Waals surface area contributed by atoms with E-state index in [1.807, 2.05) is 11.9 Å². The molecular weight excluding hydrogens is 444 g/mol. The van der Waals surface area contributed by atoms with E-state index in [0.717, 1.165) is 38.6 Å². The second-order valence-electron chi connectivity index (χ2n) is 11.6. The van der Waals surface area contributed by atoms with Crippen LogP contribution >= 0.6 is 0 Å². The topological polar surface area (TPSA) is 79.9 Å². The molecule has 0 aromatic carbocycles. The van der Waals surface area contributed by atoms with Gasteiger partial charge in [0.1, 0.15) is 0 Å². The Balaban J connectivity index is 1.20. The van der Waals surface area contributed by atoms with Crippen LogP contribution in [-0.2, 0) is 19.1 Å². The first-order valence-corrected chi connectivity index (χ1v) is 13.1. The average Bonchev–Trinajstić information content (AvgIpc) is 3.10. The predicted molar refractivity (Wildman–Crippen MR) is 121 cm³/mol. The molecule has 10 unspecified atom stereocenters. The molecule has 0 radical (unpaired) electrons. The predicted octanol–water partition coefficient (Wildman–Crippen LogP) is 2.89. The SMILES string of the molecule is CC1CC2C(CN1)CC(C1CC(C(=O)NC3CCC4OC(F)(F)OC4C3)CCC1C)C(=O)N2C. The number of fused-ring (bicyclic) bond motifs is 2. The summed E-state index contributed by atoms with van der Waals surface area (Å²) in [6.07, 6.45) is 0.955. The Bertz CT molecular complexity index is 798. The number of alkyl halides is 2. The lowest BCUT2D eigenvalue weighted by atomic mass is 9.64. The minimum Gasteiger partial charge on any atom is -0.353 e. The van der Waals surface area contributed by atoms with Gasteiger partial charge < -0.3 is 15.5 Å². The van der Waals surface area contributed by atoms with E-state index in [4.69, 9.17) is 4.74 Å². The van der Waals surface area contributed by atoms with Gasteiger partial charge in [-0.25, -0.2) is 0 Å². The van der Waals surface area contributed by atoms with Crippen LogP contribution < -0.4 is 10.6 Å². The minimum atomic E-state index is -3.52. The Morgan fingerprint density at radius 2 is 1.82 bits per heavy atom. The lowest BCUT2D eigenvalue weighted by molar-refractivity contribution is -0.351. The molecule has 34 heavy (non-hydrogen) atoms. The molecule has 0 bridgehead atoms. The lowest BCUT2D eigenvalue weighted by Gasteiger charge is -2.50. The number of piperidine rings is 2. The van der Waals surface area contributed by atoms with Crippen molar-refractivity contribution >= 4 is 11.8 Å². The Hall–Kier alpha value is -1.32. The van der Waals surface area contributed by atoms with Crippen molar-refractivity contribution in [3.63, 3.8) is 0 Å². The van der Waals surface area contributed by atoms with Crippen LogP contribution in [-0.4, -0.2) is 66.9 Å². The van der Waals surface area contributed by atoms with Gasteiger partial charge in [-0.1, -0.05) is 6.92 Å². The quantitative estimate of drug-likeness (QED) is 0.645. The van der Waals surface area contributed by atoms with E-state index in [9.17, 15) is 18.4 Å². The second kappa shape index (κ2) is 9.28. The Morgan fingerprint density at radius 3 is 2.62 bits per heavy atom. The second-order valence-corrected chi connectivity index (χ2v) is 11.6. The number of halogens is 2. The maximum atomic E-state index is 13.4. The molecule has 2 aliphatic carbocycles. The van der Waals surface area contributed by atoms with E-state index >= 15 is 0 Å². The number of hydrogen-bond acceptors (Lipinski definition) is 5. The van der Waals surface area contributed by atoms with E-state index in [1.165, 1.54) is 0 Å². The molecule has 3 saturated heterocycles. The molecule has 5 fully saturated rings. The third-order valence-electron chi connectivity index (χ3n) is 9.39. The molecule has 3 aliphatic heterocycles. The number of likely N-dealkylation sites (tertiary alicyclic amines) is 1. The molecule has 192 valence electrons. The number of rotatable bonds is 3. The van der Waals surface area contributed by atoms with E-state index in [0.29, 0.717) is 43.2 Å². The van der Waals surface area contributed by atoms with Crippen LogP contribution in [0.5, 0.6) is 0 Å². The molecule has 2 saturated carbocycles. The van der Waals surface area contributed by atoms with E-state index < -0.39 is 18.5 Å². The summed E-state index contributed by atoms with van der Waals surface area (Å²) in [7, 11) is 1.95. The molecule has 2 N–H and O–H groups in total. The number of carbonyl (C=O) groups excluding carboxylic acids is 2. The van der Waals surface area contributed by atoms with Crippen LogP contribution in [0.2, 0.25) is 0 Å². The summed E-state index contributed by atoms with van der Waals surface area (Å²) in [6.45, 7) is 5.34. The average molecular weight is 484 g/mol. The van der Waals surface area contributed by atoms with Crippen molar-refractivity contribution in [3.05, 3.63) is 0 Å². The highest BCUT2D eigenvalue weighted by molar-refractivity contribution is 5.81. The zero-order chi connectivity index (χ0) is 24.2. The standard InChI is InChI=1S/C25H39F2N3O4/c1-13-4-5-15(23(31)29-17-6-7-21-22(11-17)34-25(26,27)33-21)9-18(13)19-10-16-12-28-14(2)8-20(16)30(3)24(19)32/h13-22,28H,4-12H2,1-3H3,(H,29,31). The molecule has 3 heterocycles. The molecule has 2 amide bonds. The fraction of sp³-hybridized carbons (Fsp3) is 0.920. The third-order valence-corrected chi connectivity index (χ3v) is 9.39. The summed E-state index contributed by atoms with van der Waals surface area (Å²) in [6, 6.07) is 0.557. The smallest absolute Gasteiger partial charge is 0.353 e. The molecule has 5 aliphatic rings. The van der Waals surface area contributed by atoms with Gasteiger partial charge in [-0.2, -0.15) is 0 Å². The minimum absolute atomic E-state index is 0.00586. The van der Waals surface area contributed by atoms with Crippen LogP contribution in [0, 0.1) is 29.6 Å². The Kier molecular flexibility index (Phi) is 6.66. The summed E-state index contributed by atoms with van der Waals surface area (Å²) in [5.41, 5.74) is 0. The maximum absolute atomic E-state index is 13.4. The molecule has 9 heteroatoms. The number of nitrogens with zero attached hydrogens (tertiary/aromatic N) is 1. The normalized spacial score (nSPS) is 46.5. The Morgan fingerprint density at radius 1 is 1.06 bits per heavy atom.